The van der Waals surface area contributed by atoms with E-state index in [1.165, 1.54) is 12.7 Å². The van der Waals surface area contributed by atoms with Crippen LogP contribution in [0.5, 0.6) is 0 Å². The molecule has 0 aromatic heterocycles. The molecule has 6 nitrogen and oxygen atoms in total. The summed E-state index contributed by atoms with van der Waals surface area (Å²) in [5, 5.41) is 0. The summed E-state index contributed by atoms with van der Waals surface area (Å²) in [7, 11) is 1.42. The summed E-state index contributed by atoms with van der Waals surface area (Å²) >= 11 is 0. The number of ether oxygens (including phenoxy) is 3. The fraction of sp³-hybridized carbons (Fsp3) is 0.500. The summed E-state index contributed by atoms with van der Waals surface area (Å²) < 4.78 is 14.8. The van der Waals surface area contributed by atoms with Gasteiger partial charge in [-0.2, -0.15) is 0 Å². The maximum absolute atomic E-state index is 11.6. The SMILES string of the molecule is CCCCOC(=O)CCCCCCCCC(=O)OC.O=C(OCCc1ccccc1)c1ccccc1. The minimum Gasteiger partial charge on any atom is -0.469 e. The molecule has 0 atom stereocenters. The van der Waals surface area contributed by atoms with Gasteiger partial charge in [-0.15, -0.1) is 0 Å². The van der Waals surface area contributed by atoms with Crippen LogP contribution in [0.25, 0.3) is 0 Å². The highest BCUT2D eigenvalue weighted by atomic mass is 16.5. The standard InChI is InChI=1S/C15H28O4.C15H14O2/c1-3-4-13-19-15(17)12-10-8-6-5-7-9-11-14(16)18-2;16-15(14-9-5-2-6-10-14)17-12-11-13-7-3-1-4-8-13/h3-13H2,1-2H3;1-10H,11-12H2. The zero-order chi connectivity index (χ0) is 26.3. The molecule has 0 aliphatic heterocycles. The van der Waals surface area contributed by atoms with Crippen molar-refractivity contribution in [1.82, 2.24) is 0 Å². The average Bonchev–Trinajstić information content (AvgIpc) is 2.91. The Balaban J connectivity index is 0.000000361. The predicted octanol–water partition coefficient (Wildman–Crippen LogP) is 6.71. The molecule has 6 heteroatoms. The Morgan fingerprint density at radius 2 is 1.19 bits per heavy atom. The molecule has 0 saturated heterocycles. The fourth-order valence-electron chi connectivity index (χ4n) is 3.31. The van der Waals surface area contributed by atoms with Gasteiger partial charge in [0.1, 0.15) is 0 Å². The van der Waals surface area contributed by atoms with E-state index in [1.807, 2.05) is 48.5 Å². The van der Waals surface area contributed by atoms with Gasteiger partial charge in [0.15, 0.2) is 0 Å². The molecule has 0 aliphatic rings. The quantitative estimate of drug-likeness (QED) is 0.145. The van der Waals surface area contributed by atoms with Crippen molar-refractivity contribution in [2.45, 2.75) is 77.6 Å². The largest absolute Gasteiger partial charge is 0.469 e. The second-order valence-electron chi connectivity index (χ2n) is 8.51. The van der Waals surface area contributed by atoms with Crippen molar-refractivity contribution in [3.05, 3.63) is 71.8 Å². The van der Waals surface area contributed by atoms with Crippen LogP contribution in [0, 0.1) is 0 Å². The van der Waals surface area contributed by atoms with E-state index in [2.05, 4.69) is 11.7 Å². The van der Waals surface area contributed by atoms with E-state index in [0.717, 1.165) is 57.8 Å². The Morgan fingerprint density at radius 1 is 0.639 bits per heavy atom. The van der Waals surface area contributed by atoms with Gasteiger partial charge in [0.25, 0.3) is 0 Å². The molecule has 2 rings (SSSR count). The van der Waals surface area contributed by atoms with Crippen molar-refractivity contribution in [3.8, 4) is 0 Å². The van der Waals surface area contributed by atoms with Gasteiger partial charge in [-0.1, -0.05) is 87.6 Å². The van der Waals surface area contributed by atoms with E-state index in [-0.39, 0.29) is 17.9 Å². The highest BCUT2D eigenvalue weighted by Crippen LogP contribution is 2.09. The summed E-state index contributed by atoms with van der Waals surface area (Å²) in [6.45, 7) is 3.05. The third-order valence-corrected chi connectivity index (χ3v) is 5.48. The Labute approximate surface area is 216 Å². The van der Waals surface area contributed by atoms with Crippen LogP contribution in [-0.2, 0) is 30.2 Å². The van der Waals surface area contributed by atoms with Crippen molar-refractivity contribution in [1.29, 1.82) is 0 Å². The first-order chi connectivity index (χ1) is 17.6. The number of benzene rings is 2. The summed E-state index contributed by atoms with van der Waals surface area (Å²) in [4.78, 5) is 33.8. The van der Waals surface area contributed by atoms with Crippen LogP contribution < -0.4 is 0 Å². The van der Waals surface area contributed by atoms with Gasteiger partial charge in [-0.05, 0) is 37.0 Å². The van der Waals surface area contributed by atoms with Crippen LogP contribution in [0.4, 0.5) is 0 Å². The highest BCUT2D eigenvalue weighted by molar-refractivity contribution is 5.89. The molecule has 0 heterocycles. The second-order valence-corrected chi connectivity index (χ2v) is 8.51. The molecule has 2 aromatic carbocycles. The number of esters is 3. The van der Waals surface area contributed by atoms with Gasteiger partial charge >= 0.3 is 17.9 Å². The molecule has 0 bridgehead atoms. The lowest BCUT2D eigenvalue weighted by atomic mass is 10.1. The lowest BCUT2D eigenvalue weighted by molar-refractivity contribution is -0.144. The molecular formula is C30H42O6. The lowest BCUT2D eigenvalue weighted by Crippen LogP contribution is -2.07. The highest BCUT2D eigenvalue weighted by Gasteiger charge is 2.05. The minimum absolute atomic E-state index is 0.0702. The minimum atomic E-state index is -0.262. The van der Waals surface area contributed by atoms with E-state index in [4.69, 9.17) is 9.47 Å². The fourth-order valence-corrected chi connectivity index (χ4v) is 3.31. The van der Waals surface area contributed by atoms with E-state index in [0.29, 0.717) is 31.6 Å². The Kier molecular flexibility index (Phi) is 18.1. The van der Waals surface area contributed by atoms with Crippen molar-refractivity contribution in [2.24, 2.45) is 0 Å². The van der Waals surface area contributed by atoms with E-state index in [1.54, 1.807) is 12.1 Å². The molecule has 0 aliphatic carbocycles. The van der Waals surface area contributed by atoms with Gasteiger partial charge in [-0.25, -0.2) is 4.79 Å². The molecule has 198 valence electrons. The van der Waals surface area contributed by atoms with Crippen LogP contribution in [0.3, 0.4) is 0 Å². The monoisotopic (exact) mass is 498 g/mol. The first-order valence-electron chi connectivity index (χ1n) is 13.0. The summed E-state index contributed by atoms with van der Waals surface area (Å²) in [6, 6.07) is 19.0. The van der Waals surface area contributed by atoms with Crippen LogP contribution >= 0.6 is 0 Å². The number of carbonyl (C=O) groups excluding carboxylic acids is 3. The molecule has 0 amide bonds. The average molecular weight is 499 g/mol. The number of carbonyl (C=O) groups is 3. The Bertz CT molecular complexity index is 835. The molecule has 0 saturated carbocycles. The lowest BCUT2D eigenvalue weighted by Gasteiger charge is -2.04. The smallest absolute Gasteiger partial charge is 0.338 e. The number of hydrogen-bond acceptors (Lipinski definition) is 6. The normalized spacial score (nSPS) is 10.1. The zero-order valence-electron chi connectivity index (χ0n) is 21.9. The van der Waals surface area contributed by atoms with Gasteiger partial charge in [-0.3, -0.25) is 9.59 Å². The molecule has 0 N–H and O–H groups in total. The number of unbranched alkanes of at least 4 members (excludes halogenated alkanes) is 6. The third kappa shape index (κ3) is 16.5. The van der Waals surface area contributed by atoms with Crippen LogP contribution in [0.1, 0.15) is 87.1 Å². The molecular weight excluding hydrogens is 456 g/mol. The van der Waals surface area contributed by atoms with Gasteiger partial charge in [0, 0.05) is 19.3 Å². The molecule has 0 radical (unpaired) electrons. The molecule has 0 unspecified atom stereocenters. The van der Waals surface area contributed by atoms with Gasteiger partial charge < -0.3 is 14.2 Å². The second kappa shape index (κ2) is 21.2. The number of hydrogen-bond donors (Lipinski definition) is 0. The maximum Gasteiger partial charge on any atom is 0.338 e. The Morgan fingerprint density at radius 3 is 1.78 bits per heavy atom. The number of methoxy groups -OCH3 is 1. The summed E-state index contributed by atoms with van der Waals surface area (Å²) in [5.41, 5.74) is 1.77. The predicted molar refractivity (Wildman–Crippen MR) is 142 cm³/mol. The summed E-state index contributed by atoms with van der Waals surface area (Å²) in [6.07, 6.45) is 9.94. The van der Waals surface area contributed by atoms with E-state index >= 15 is 0 Å². The first-order valence-corrected chi connectivity index (χ1v) is 13.0. The van der Waals surface area contributed by atoms with Crippen molar-refractivity contribution in [2.75, 3.05) is 20.3 Å². The molecule has 2 aromatic rings. The summed E-state index contributed by atoms with van der Waals surface area (Å²) in [5.74, 6) is -0.463. The number of rotatable bonds is 16. The molecule has 0 spiro atoms. The van der Waals surface area contributed by atoms with Gasteiger partial charge in [0.2, 0.25) is 0 Å². The van der Waals surface area contributed by atoms with E-state index < -0.39 is 0 Å². The topological polar surface area (TPSA) is 78.9 Å². The third-order valence-electron chi connectivity index (χ3n) is 5.48. The van der Waals surface area contributed by atoms with Crippen molar-refractivity contribution < 1.29 is 28.6 Å². The van der Waals surface area contributed by atoms with Crippen LogP contribution in [0.15, 0.2) is 60.7 Å². The van der Waals surface area contributed by atoms with Gasteiger partial charge in [0.05, 0.1) is 25.9 Å². The molecule has 36 heavy (non-hydrogen) atoms. The molecule has 0 fully saturated rings. The van der Waals surface area contributed by atoms with Crippen molar-refractivity contribution in [3.63, 3.8) is 0 Å². The first kappa shape index (κ1) is 30.9. The van der Waals surface area contributed by atoms with Crippen molar-refractivity contribution >= 4 is 17.9 Å². The van der Waals surface area contributed by atoms with Crippen LogP contribution in [0.2, 0.25) is 0 Å². The zero-order valence-corrected chi connectivity index (χ0v) is 21.9. The Hall–Kier alpha value is -3.15. The van der Waals surface area contributed by atoms with Crippen LogP contribution in [-0.4, -0.2) is 38.2 Å². The maximum atomic E-state index is 11.6. The van der Waals surface area contributed by atoms with E-state index in [9.17, 15) is 14.4 Å².